The van der Waals surface area contributed by atoms with Crippen molar-refractivity contribution in [3.63, 3.8) is 0 Å². The summed E-state index contributed by atoms with van der Waals surface area (Å²) in [5.41, 5.74) is 0. The summed E-state index contributed by atoms with van der Waals surface area (Å²) in [6.07, 6.45) is 14.2. The Morgan fingerprint density at radius 3 is 1.36 bits per heavy atom. The maximum atomic E-state index is 4.20. The van der Waals surface area contributed by atoms with E-state index in [9.17, 15) is 0 Å². The van der Waals surface area contributed by atoms with Gasteiger partial charge in [0.05, 0.1) is 0 Å². The van der Waals surface area contributed by atoms with E-state index in [4.69, 9.17) is 0 Å². The summed E-state index contributed by atoms with van der Waals surface area (Å²) in [7, 11) is 0. The molecule has 0 aliphatic rings. The van der Waals surface area contributed by atoms with Crippen LogP contribution in [0, 0.1) is 0 Å². The summed E-state index contributed by atoms with van der Waals surface area (Å²) in [6.45, 7) is 2.28. The third kappa shape index (κ3) is 15.7. The van der Waals surface area contributed by atoms with Gasteiger partial charge >= 0.3 is 27.3 Å². The minimum atomic E-state index is 0. The van der Waals surface area contributed by atoms with Gasteiger partial charge in [0.15, 0.2) is 0 Å². The first-order valence-corrected chi connectivity index (χ1v) is 6.66. The molecule has 0 N–H and O–H groups in total. The van der Waals surface area contributed by atoms with Crippen LogP contribution in [0.1, 0.15) is 71.1 Å². The van der Waals surface area contributed by atoms with Crippen molar-refractivity contribution in [1.29, 1.82) is 0 Å². The van der Waals surface area contributed by atoms with Gasteiger partial charge in [0.1, 0.15) is 0 Å². The van der Waals surface area contributed by atoms with Crippen molar-refractivity contribution in [2.45, 2.75) is 71.1 Å². The Morgan fingerprint density at radius 1 is 0.643 bits per heavy atom. The molecular formula is C12H28PbS. The molecule has 0 aromatic carbocycles. The van der Waals surface area contributed by atoms with E-state index in [0.29, 0.717) is 0 Å². The van der Waals surface area contributed by atoms with Gasteiger partial charge in [-0.1, -0.05) is 64.7 Å². The summed E-state index contributed by atoms with van der Waals surface area (Å²) >= 11 is 4.20. The summed E-state index contributed by atoms with van der Waals surface area (Å²) in [5.74, 6) is 1.07. The normalized spacial score (nSPS) is 9.86. The molecule has 0 spiro atoms. The van der Waals surface area contributed by atoms with Crippen LogP contribution < -0.4 is 0 Å². The van der Waals surface area contributed by atoms with E-state index in [2.05, 4.69) is 19.6 Å². The van der Waals surface area contributed by atoms with Gasteiger partial charge in [-0.25, -0.2) is 0 Å². The molecule has 2 heteroatoms. The third-order valence-electron chi connectivity index (χ3n) is 2.51. The first-order valence-electron chi connectivity index (χ1n) is 6.02. The van der Waals surface area contributed by atoms with Crippen LogP contribution in [0.3, 0.4) is 0 Å². The number of hydrogen-bond acceptors (Lipinski definition) is 1. The van der Waals surface area contributed by atoms with E-state index in [-0.39, 0.29) is 27.3 Å². The molecule has 14 heavy (non-hydrogen) atoms. The molecule has 86 valence electrons. The van der Waals surface area contributed by atoms with Crippen LogP contribution in [0.5, 0.6) is 0 Å². The van der Waals surface area contributed by atoms with Crippen molar-refractivity contribution >= 4 is 39.9 Å². The molecule has 0 nitrogen and oxygen atoms in total. The van der Waals surface area contributed by atoms with E-state index in [0.717, 1.165) is 5.75 Å². The van der Waals surface area contributed by atoms with Gasteiger partial charge < -0.3 is 0 Å². The first-order chi connectivity index (χ1) is 6.41. The predicted molar refractivity (Wildman–Crippen MR) is 74.2 cm³/mol. The standard InChI is InChI=1S/C12H26S.Pb.2H/c1-2-3-4-5-6-7-8-9-10-11-12-13;;;/h13H,2-12H2,1H3;;;. The topological polar surface area (TPSA) is 0 Å². The Hall–Kier alpha value is 1.27. The van der Waals surface area contributed by atoms with E-state index < -0.39 is 0 Å². The molecule has 0 heterocycles. The van der Waals surface area contributed by atoms with Crippen molar-refractivity contribution in [1.82, 2.24) is 0 Å². The van der Waals surface area contributed by atoms with Crippen LogP contribution >= 0.6 is 12.6 Å². The molecule has 0 saturated carbocycles. The van der Waals surface area contributed by atoms with Crippen molar-refractivity contribution in [2.24, 2.45) is 0 Å². The van der Waals surface area contributed by atoms with Crippen molar-refractivity contribution in [2.75, 3.05) is 5.75 Å². The third-order valence-corrected chi connectivity index (χ3v) is 2.83. The zero-order valence-electron chi connectivity index (χ0n) is 9.93. The van der Waals surface area contributed by atoms with Crippen molar-refractivity contribution in [3.8, 4) is 0 Å². The summed E-state index contributed by atoms with van der Waals surface area (Å²) < 4.78 is 0. The van der Waals surface area contributed by atoms with Crippen LogP contribution in [0.25, 0.3) is 0 Å². The Labute approximate surface area is 116 Å². The van der Waals surface area contributed by atoms with Gasteiger partial charge in [0.25, 0.3) is 0 Å². The maximum absolute atomic E-state index is 4.20. The fraction of sp³-hybridized carbons (Fsp3) is 1.00. The van der Waals surface area contributed by atoms with E-state index in [1.807, 2.05) is 0 Å². The molecule has 0 rings (SSSR count). The number of hydrogen-bond donors (Lipinski definition) is 1. The molecule has 0 aliphatic heterocycles. The molecule has 0 aromatic heterocycles. The second kappa shape index (κ2) is 16.7. The van der Waals surface area contributed by atoms with E-state index in [1.165, 1.54) is 64.2 Å². The average molecular weight is 412 g/mol. The molecule has 0 saturated heterocycles. The van der Waals surface area contributed by atoms with Gasteiger partial charge in [-0.15, -0.1) is 0 Å². The average Bonchev–Trinajstić information content (AvgIpc) is 2.16. The zero-order valence-corrected chi connectivity index (χ0v) is 16.3. The molecular weight excluding hydrogens is 383 g/mol. The van der Waals surface area contributed by atoms with Crippen molar-refractivity contribution in [3.05, 3.63) is 0 Å². The summed E-state index contributed by atoms with van der Waals surface area (Å²) in [6, 6.07) is 0. The van der Waals surface area contributed by atoms with Crippen molar-refractivity contribution < 1.29 is 0 Å². The minimum absolute atomic E-state index is 0. The Bertz CT molecular complexity index is 76.4. The van der Waals surface area contributed by atoms with E-state index in [1.54, 1.807) is 0 Å². The Kier molecular flexibility index (Phi) is 21.1. The zero-order chi connectivity index (χ0) is 9.78. The number of thiol groups is 1. The molecule has 0 aliphatic carbocycles. The number of unbranched alkanes of at least 4 members (excludes halogenated alkanes) is 9. The van der Waals surface area contributed by atoms with Crippen LogP contribution in [-0.2, 0) is 0 Å². The molecule has 0 bridgehead atoms. The Balaban J connectivity index is 0. The van der Waals surface area contributed by atoms with Gasteiger partial charge in [-0.2, -0.15) is 12.6 Å². The SMILES string of the molecule is CCCCCCCCCCCCS.[PbH2]. The van der Waals surface area contributed by atoms with Gasteiger partial charge in [-0.3, -0.25) is 0 Å². The van der Waals surface area contributed by atoms with Crippen LogP contribution in [0.4, 0.5) is 0 Å². The number of rotatable bonds is 10. The molecule has 0 amide bonds. The molecule has 0 fully saturated rings. The van der Waals surface area contributed by atoms with Crippen LogP contribution in [-0.4, -0.2) is 33.1 Å². The summed E-state index contributed by atoms with van der Waals surface area (Å²) in [5, 5.41) is 0. The van der Waals surface area contributed by atoms with Gasteiger partial charge in [-0.05, 0) is 12.2 Å². The molecule has 0 aromatic rings. The van der Waals surface area contributed by atoms with Gasteiger partial charge in [0.2, 0.25) is 0 Å². The second-order valence-corrected chi connectivity index (χ2v) is 4.35. The van der Waals surface area contributed by atoms with Crippen LogP contribution in [0.15, 0.2) is 0 Å². The molecule has 2 radical (unpaired) electrons. The van der Waals surface area contributed by atoms with Crippen LogP contribution in [0.2, 0.25) is 0 Å². The quantitative estimate of drug-likeness (QED) is 0.314. The first kappa shape index (κ1) is 17.7. The second-order valence-electron chi connectivity index (χ2n) is 3.91. The molecule has 0 unspecified atom stereocenters. The van der Waals surface area contributed by atoms with E-state index >= 15 is 0 Å². The predicted octanol–water partition coefficient (Wildman–Crippen LogP) is 3.92. The Morgan fingerprint density at radius 2 is 1.00 bits per heavy atom. The fourth-order valence-corrected chi connectivity index (χ4v) is 1.82. The molecule has 0 atom stereocenters. The monoisotopic (exact) mass is 412 g/mol. The van der Waals surface area contributed by atoms with Gasteiger partial charge in [0, 0.05) is 0 Å². The summed E-state index contributed by atoms with van der Waals surface area (Å²) in [4.78, 5) is 0. The fourth-order valence-electron chi connectivity index (χ4n) is 1.60.